The van der Waals surface area contributed by atoms with Crippen molar-refractivity contribution in [2.45, 2.75) is 17.6 Å². The molecular formula is C14H10ClF3INO2S. The first-order chi connectivity index (χ1) is 10.6. The topological polar surface area (TPSA) is 46.2 Å². The molecule has 0 heterocycles. The number of rotatable bonds is 4. The third kappa shape index (κ3) is 4.82. The van der Waals surface area contributed by atoms with E-state index in [1.54, 1.807) is 24.3 Å². The summed E-state index contributed by atoms with van der Waals surface area (Å²) >= 11 is 7.85. The van der Waals surface area contributed by atoms with Crippen molar-refractivity contribution in [1.29, 1.82) is 0 Å². The van der Waals surface area contributed by atoms with Crippen LogP contribution in [0.2, 0.25) is 5.02 Å². The van der Waals surface area contributed by atoms with Crippen LogP contribution in [0.1, 0.15) is 11.1 Å². The molecule has 0 saturated carbocycles. The molecule has 23 heavy (non-hydrogen) atoms. The van der Waals surface area contributed by atoms with Crippen molar-refractivity contribution in [2.75, 3.05) is 0 Å². The molecule has 1 N–H and O–H groups in total. The van der Waals surface area contributed by atoms with E-state index in [0.29, 0.717) is 11.6 Å². The zero-order valence-corrected chi connectivity index (χ0v) is 15.1. The van der Waals surface area contributed by atoms with E-state index in [4.69, 9.17) is 11.6 Å². The molecule has 0 aliphatic carbocycles. The molecule has 2 aromatic carbocycles. The first-order valence-corrected chi connectivity index (χ1v) is 9.14. The fraction of sp³-hybridized carbons (Fsp3) is 0.143. The number of sulfonamides is 1. The third-order valence-electron chi connectivity index (χ3n) is 2.93. The average molecular weight is 476 g/mol. The van der Waals surface area contributed by atoms with Gasteiger partial charge in [-0.2, -0.15) is 13.2 Å². The van der Waals surface area contributed by atoms with Crippen LogP contribution in [0.3, 0.4) is 0 Å². The van der Waals surface area contributed by atoms with Gasteiger partial charge in [-0.25, -0.2) is 13.1 Å². The SMILES string of the molecule is O=S(=O)(NCc1ccc(I)cc1)c1cc(C(F)(F)F)ccc1Cl. The monoisotopic (exact) mass is 475 g/mol. The Bertz CT molecular complexity index is 808. The van der Waals surface area contributed by atoms with Gasteiger partial charge < -0.3 is 0 Å². The Morgan fingerprint density at radius 1 is 1.09 bits per heavy atom. The van der Waals surface area contributed by atoms with E-state index in [1.807, 2.05) is 0 Å². The zero-order chi connectivity index (χ0) is 17.3. The molecule has 124 valence electrons. The maximum Gasteiger partial charge on any atom is 0.416 e. The minimum Gasteiger partial charge on any atom is -0.207 e. The zero-order valence-electron chi connectivity index (χ0n) is 11.4. The van der Waals surface area contributed by atoms with Gasteiger partial charge >= 0.3 is 6.18 Å². The first kappa shape index (κ1) is 18.5. The lowest BCUT2D eigenvalue weighted by atomic mass is 10.2. The van der Waals surface area contributed by atoms with Crippen LogP contribution in [0.15, 0.2) is 47.4 Å². The number of nitrogens with one attached hydrogen (secondary N) is 1. The highest BCUT2D eigenvalue weighted by molar-refractivity contribution is 14.1. The number of alkyl halides is 3. The molecule has 0 spiro atoms. The van der Waals surface area contributed by atoms with Crippen molar-refractivity contribution in [3.63, 3.8) is 0 Å². The van der Waals surface area contributed by atoms with Crippen LogP contribution in [-0.4, -0.2) is 8.42 Å². The van der Waals surface area contributed by atoms with Crippen LogP contribution in [-0.2, 0) is 22.7 Å². The van der Waals surface area contributed by atoms with Crippen molar-refractivity contribution in [1.82, 2.24) is 4.72 Å². The summed E-state index contributed by atoms with van der Waals surface area (Å²) in [5.41, 5.74) is -0.395. The second-order valence-corrected chi connectivity index (χ2v) is 7.98. The maximum atomic E-state index is 12.7. The van der Waals surface area contributed by atoms with Gasteiger partial charge in [-0.1, -0.05) is 23.7 Å². The smallest absolute Gasteiger partial charge is 0.207 e. The van der Waals surface area contributed by atoms with Crippen LogP contribution in [0, 0.1) is 3.57 Å². The van der Waals surface area contributed by atoms with Gasteiger partial charge in [0.1, 0.15) is 4.90 Å². The van der Waals surface area contributed by atoms with Crippen LogP contribution < -0.4 is 4.72 Å². The standard InChI is InChI=1S/C14H10ClF3INO2S/c15-12-6-3-10(14(16,17)18)7-13(12)23(21,22)20-8-9-1-4-11(19)5-2-9/h1-7,20H,8H2. The predicted octanol–water partition coefficient (Wildman–Crippen LogP) is 4.44. The minimum atomic E-state index is -4.65. The summed E-state index contributed by atoms with van der Waals surface area (Å²) in [4.78, 5) is -0.598. The lowest BCUT2D eigenvalue weighted by Gasteiger charge is -2.12. The van der Waals surface area contributed by atoms with Gasteiger partial charge in [0.25, 0.3) is 0 Å². The normalized spacial score (nSPS) is 12.4. The molecule has 0 amide bonds. The Morgan fingerprint density at radius 3 is 2.26 bits per heavy atom. The molecule has 0 radical (unpaired) electrons. The maximum absolute atomic E-state index is 12.7. The van der Waals surface area contributed by atoms with Gasteiger partial charge in [0.05, 0.1) is 10.6 Å². The molecule has 3 nitrogen and oxygen atoms in total. The molecule has 0 aliphatic heterocycles. The second kappa shape index (κ2) is 6.96. The van der Waals surface area contributed by atoms with Gasteiger partial charge in [0, 0.05) is 10.1 Å². The second-order valence-electron chi connectivity index (χ2n) is 4.59. The summed E-state index contributed by atoms with van der Waals surface area (Å²) in [6, 6.07) is 9.21. The fourth-order valence-corrected chi connectivity index (χ4v) is 3.64. The molecule has 0 aromatic heterocycles. The number of hydrogen-bond acceptors (Lipinski definition) is 2. The van der Waals surface area contributed by atoms with E-state index in [9.17, 15) is 21.6 Å². The molecule has 0 saturated heterocycles. The van der Waals surface area contributed by atoms with Crippen molar-refractivity contribution in [2.24, 2.45) is 0 Å². The number of halogens is 5. The summed E-state index contributed by atoms with van der Waals surface area (Å²) in [5.74, 6) is 0. The number of benzene rings is 2. The Balaban J connectivity index is 2.27. The summed E-state index contributed by atoms with van der Waals surface area (Å²) in [5, 5.41) is -0.270. The minimum absolute atomic E-state index is 0.0498. The lowest BCUT2D eigenvalue weighted by Crippen LogP contribution is -2.24. The molecule has 0 fully saturated rings. The Kier molecular flexibility index (Phi) is 5.59. The molecule has 2 rings (SSSR count). The summed E-state index contributed by atoms with van der Waals surface area (Å²) in [7, 11) is -4.17. The van der Waals surface area contributed by atoms with Gasteiger partial charge in [-0.15, -0.1) is 0 Å². The average Bonchev–Trinajstić information content (AvgIpc) is 2.46. The molecule has 0 atom stereocenters. The summed E-state index contributed by atoms with van der Waals surface area (Å²) < 4.78 is 65.8. The van der Waals surface area contributed by atoms with E-state index in [-0.39, 0.29) is 11.6 Å². The molecule has 0 bridgehead atoms. The van der Waals surface area contributed by atoms with Crippen LogP contribution in [0.25, 0.3) is 0 Å². The van der Waals surface area contributed by atoms with Crippen molar-refractivity contribution in [3.05, 3.63) is 62.2 Å². The molecule has 0 aliphatic rings. The van der Waals surface area contributed by atoms with Crippen molar-refractivity contribution in [3.8, 4) is 0 Å². The Labute approximate surface area is 150 Å². The largest absolute Gasteiger partial charge is 0.416 e. The third-order valence-corrected chi connectivity index (χ3v) is 5.53. The van der Waals surface area contributed by atoms with Gasteiger partial charge in [-0.05, 0) is 58.5 Å². The van der Waals surface area contributed by atoms with E-state index >= 15 is 0 Å². The molecular weight excluding hydrogens is 466 g/mol. The Hall–Kier alpha value is -0.840. The summed E-state index contributed by atoms with van der Waals surface area (Å²) in [6.45, 7) is -0.0498. The molecule has 0 unspecified atom stereocenters. The highest BCUT2D eigenvalue weighted by Gasteiger charge is 2.32. The van der Waals surface area contributed by atoms with Gasteiger partial charge in [0.15, 0.2) is 0 Å². The first-order valence-electron chi connectivity index (χ1n) is 6.20. The Morgan fingerprint density at radius 2 is 1.70 bits per heavy atom. The van der Waals surface area contributed by atoms with E-state index in [2.05, 4.69) is 27.3 Å². The van der Waals surface area contributed by atoms with E-state index in [1.165, 1.54) is 0 Å². The van der Waals surface area contributed by atoms with Crippen molar-refractivity contribution < 1.29 is 21.6 Å². The summed E-state index contributed by atoms with van der Waals surface area (Å²) in [6.07, 6.45) is -4.65. The van der Waals surface area contributed by atoms with E-state index < -0.39 is 26.7 Å². The molecule has 2 aromatic rings. The van der Waals surface area contributed by atoms with Gasteiger partial charge in [-0.3, -0.25) is 0 Å². The number of hydrogen-bond donors (Lipinski definition) is 1. The van der Waals surface area contributed by atoms with Crippen LogP contribution >= 0.6 is 34.2 Å². The highest BCUT2D eigenvalue weighted by atomic mass is 127. The lowest BCUT2D eigenvalue weighted by molar-refractivity contribution is -0.137. The predicted molar refractivity (Wildman–Crippen MR) is 89.6 cm³/mol. The van der Waals surface area contributed by atoms with Crippen LogP contribution in [0.5, 0.6) is 0 Å². The highest BCUT2D eigenvalue weighted by Crippen LogP contribution is 2.33. The van der Waals surface area contributed by atoms with Crippen molar-refractivity contribution >= 4 is 44.2 Å². The molecule has 9 heteroatoms. The quantitative estimate of drug-likeness (QED) is 0.665. The van der Waals surface area contributed by atoms with Gasteiger partial charge in [0.2, 0.25) is 10.0 Å². The van der Waals surface area contributed by atoms with E-state index in [0.717, 1.165) is 15.7 Å². The fourth-order valence-electron chi connectivity index (χ4n) is 1.74. The van der Waals surface area contributed by atoms with Crippen LogP contribution in [0.4, 0.5) is 13.2 Å².